The van der Waals surface area contributed by atoms with Crippen molar-refractivity contribution >= 4 is 61.9 Å². The van der Waals surface area contributed by atoms with Gasteiger partial charge >= 0.3 is 0 Å². The van der Waals surface area contributed by atoms with Gasteiger partial charge in [0, 0.05) is 26.7 Å². The second-order valence-corrected chi connectivity index (χ2v) is 10.2. The largest absolute Gasteiger partial charge is 0.398 e. The molecule has 0 saturated carbocycles. The molecule has 38 heavy (non-hydrogen) atoms. The van der Waals surface area contributed by atoms with E-state index in [1.807, 2.05) is 72.8 Å². The lowest BCUT2D eigenvalue weighted by Crippen LogP contribution is -2.10. The average Bonchev–Trinajstić information content (AvgIpc) is 3.45. The van der Waals surface area contributed by atoms with Crippen LogP contribution >= 0.6 is 25.3 Å². The van der Waals surface area contributed by atoms with Crippen molar-refractivity contribution in [2.75, 3.05) is 11.5 Å². The highest BCUT2D eigenvalue weighted by molar-refractivity contribution is 7.80. The molecule has 5 nitrogen and oxygen atoms in total. The number of aromatic nitrogens is 3. The Morgan fingerprint density at radius 2 is 1.26 bits per heavy atom. The van der Waals surface area contributed by atoms with E-state index >= 15 is 0 Å². The zero-order valence-corrected chi connectivity index (χ0v) is 22.1. The van der Waals surface area contributed by atoms with Crippen LogP contribution < -0.4 is 32.3 Å². The predicted molar refractivity (Wildman–Crippen MR) is 160 cm³/mol. The molecule has 6 aliphatic rings. The summed E-state index contributed by atoms with van der Waals surface area (Å²) < 4.78 is 0. The van der Waals surface area contributed by atoms with Gasteiger partial charge in [-0.3, -0.25) is 4.98 Å². The highest BCUT2D eigenvalue weighted by Crippen LogP contribution is 2.22. The van der Waals surface area contributed by atoms with Gasteiger partial charge in [0.05, 0.1) is 17.6 Å². The molecule has 0 fully saturated rings. The highest BCUT2D eigenvalue weighted by atomic mass is 32.1. The van der Waals surface area contributed by atoms with E-state index in [0.29, 0.717) is 26.9 Å². The van der Waals surface area contributed by atoms with Crippen LogP contribution in [-0.2, 0) is 0 Å². The van der Waals surface area contributed by atoms with Crippen LogP contribution in [0, 0.1) is 20.9 Å². The Morgan fingerprint density at radius 1 is 0.684 bits per heavy atom. The molecule has 0 aromatic heterocycles. The number of anilines is 2. The fourth-order valence-electron chi connectivity index (χ4n) is 4.80. The fourth-order valence-corrected chi connectivity index (χ4v) is 5.21. The molecule has 7 heteroatoms. The Bertz CT molecular complexity index is 2230. The smallest absolute Gasteiger partial charge is 0.113 e. The van der Waals surface area contributed by atoms with Crippen molar-refractivity contribution in [1.82, 2.24) is 15.2 Å². The first-order chi connectivity index (χ1) is 18.3. The molecule has 184 valence electrons. The number of rotatable bonds is 2. The summed E-state index contributed by atoms with van der Waals surface area (Å²) in [6.45, 7) is 8.39. The Kier molecular flexibility index (Phi) is 5.82. The summed E-state index contributed by atoms with van der Waals surface area (Å²) in [6.07, 6.45) is 5.72. The predicted octanol–water partition coefficient (Wildman–Crippen LogP) is 2.65. The molecule has 0 aromatic carbocycles. The number of nitrogens with two attached hydrogens (primary N) is 2. The topological polar surface area (TPSA) is 90.7 Å². The van der Waals surface area contributed by atoms with Crippen molar-refractivity contribution in [3.05, 3.63) is 120 Å². The van der Waals surface area contributed by atoms with Gasteiger partial charge in [0.1, 0.15) is 5.69 Å². The van der Waals surface area contributed by atoms with Gasteiger partial charge in [-0.25, -0.2) is 0 Å². The Labute approximate surface area is 229 Å². The van der Waals surface area contributed by atoms with Gasteiger partial charge in [-0.15, -0.1) is 35.5 Å². The first kappa shape index (κ1) is 24.0. The van der Waals surface area contributed by atoms with Crippen molar-refractivity contribution in [2.24, 2.45) is 0 Å². The molecule has 2 aliphatic heterocycles. The molecule has 0 aromatic rings. The van der Waals surface area contributed by atoms with Crippen LogP contribution in [0.2, 0.25) is 0 Å². The number of nitrogens with zero attached hydrogens (tertiary/aromatic N) is 3. The molecule has 4 aliphatic carbocycles. The summed E-state index contributed by atoms with van der Waals surface area (Å²) in [4.78, 5) is 6.06. The maximum absolute atomic E-state index is 6.20. The SMILES string of the molecule is C=c1ccc2cc(N)c(S)c/c(=C\c3ccc4c(/C=c5\cc(S)c(N)cc6ccc(=C)c5=6)nnc-4cn3)c1=2. The van der Waals surface area contributed by atoms with E-state index in [2.05, 4.69) is 53.6 Å². The van der Waals surface area contributed by atoms with Gasteiger partial charge in [-0.2, -0.15) is 0 Å². The lowest BCUT2D eigenvalue weighted by Gasteiger charge is -1.92. The van der Waals surface area contributed by atoms with Crippen LogP contribution in [0.15, 0.2) is 76.7 Å². The van der Waals surface area contributed by atoms with Gasteiger partial charge in [0.15, 0.2) is 0 Å². The molecule has 0 saturated heterocycles. The summed E-state index contributed by atoms with van der Waals surface area (Å²) in [5.41, 5.74) is 16.6. The van der Waals surface area contributed by atoms with E-state index in [1.165, 1.54) is 0 Å². The number of hydrogen-bond acceptors (Lipinski definition) is 7. The van der Waals surface area contributed by atoms with Crippen LogP contribution in [0.25, 0.3) is 36.6 Å². The number of fused-ring (bicyclic) bond motifs is 1. The lowest BCUT2D eigenvalue weighted by atomic mass is 10.1. The number of thiol groups is 2. The van der Waals surface area contributed by atoms with Gasteiger partial charge in [-0.1, -0.05) is 37.4 Å². The number of nitrogen functional groups attached to an aromatic ring is 2. The molecular weight excluding hydrogens is 507 g/mol. The van der Waals surface area contributed by atoms with Crippen molar-refractivity contribution in [3.8, 4) is 11.3 Å². The zero-order valence-electron chi connectivity index (χ0n) is 20.3. The summed E-state index contributed by atoms with van der Waals surface area (Å²) in [7, 11) is 0. The van der Waals surface area contributed by atoms with E-state index in [4.69, 9.17) is 11.5 Å². The third kappa shape index (κ3) is 4.16. The van der Waals surface area contributed by atoms with Crippen LogP contribution in [-0.4, -0.2) is 15.2 Å². The van der Waals surface area contributed by atoms with E-state index < -0.39 is 0 Å². The van der Waals surface area contributed by atoms with Crippen LogP contribution in [0.5, 0.6) is 0 Å². The monoisotopic (exact) mass is 529 g/mol. The first-order valence-corrected chi connectivity index (χ1v) is 12.7. The maximum Gasteiger partial charge on any atom is 0.113 e. The average molecular weight is 530 g/mol. The third-order valence-electron chi connectivity index (χ3n) is 6.69. The molecule has 0 atom stereocenters. The second-order valence-electron chi connectivity index (χ2n) is 9.24. The highest BCUT2D eigenvalue weighted by Gasteiger charge is 2.11. The van der Waals surface area contributed by atoms with Crippen molar-refractivity contribution in [1.29, 1.82) is 0 Å². The quantitative estimate of drug-likeness (QED) is 0.259. The minimum Gasteiger partial charge on any atom is -0.398 e. The fraction of sp³-hybridized carbons (Fsp3) is 0. The third-order valence-corrected chi connectivity index (χ3v) is 7.47. The van der Waals surface area contributed by atoms with Gasteiger partial charge in [-0.05, 0) is 90.3 Å². The summed E-state index contributed by atoms with van der Waals surface area (Å²) in [5, 5.41) is 16.5. The normalized spacial score (nSPS) is 12.7. The van der Waals surface area contributed by atoms with E-state index in [-0.39, 0.29) is 0 Å². The van der Waals surface area contributed by atoms with Crippen molar-refractivity contribution in [3.63, 3.8) is 0 Å². The molecular formula is C31H23N5S2. The minimum absolute atomic E-state index is 0.600. The number of hydrogen-bond donors (Lipinski definition) is 4. The van der Waals surface area contributed by atoms with E-state index in [0.717, 1.165) is 58.7 Å². The van der Waals surface area contributed by atoms with Gasteiger partial charge in [0.25, 0.3) is 0 Å². The van der Waals surface area contributed by atoms with Crippen LogP contribution in [0.4, 0.5) is 11.4 Å². The maximum atomic E-state index is 6.20. The summed E-state index contributed by atoms with van der Waals surface area (Å²) in [5.74, 6) is 0. The summed E-state index contributed by atoms with van der Waals surface area (Å²) in [6, 6.07) is 19.6. The van der Waals surface area contributed by atoms with Crippen molar-refractivity contribution < 1.29 is 0 Å². The molecule has 0 bridgehead atoms. The van der Waals surface area contributed by atoms with Gasteiger partial charge in [0.2, 0.25) is 0 Å². The molecule has 0 spiro atoms. The van der Waals surface area contributed by atoms with Crippen molar-refractivity contribution in [2.45, 2.75) is 9.79 Å². The molecule has 0 amide bonds. The van der Waals surface area contributed by atoms with Crippen LogP contribution in [0.3, 0.4) is 0 Å². The van der Waals surface area contributed by atoms with Crippen LogP contribution in [0.1, 0.15) is 11.4 Å². The minimum atomic E-state index is 0.600. The first-order valence-electron chi connectivity index (χ1n) is 11.8. The Balaban J connectivity index is 1.58. The molecule has 0 radical (unpaired) electrons. The van der Waals surface area contributed by atoms with E-state index in [9.17, 15) is 0 Å². The summed E-state index contributed by atoms with van der Waals surface area (Å²) >= 11 is 9.16. The standard InChI is InChI=1S/C31H23N5S2/c1-16-3-5-18-10-24(32)28(37)13-20(30(16)18)9-22-7-8-23-26(35-36-27(23)15-34-22)12-21-14-29(38)25(33)11-19-6-4-17(2)31(19)21/h3-15,37-38H,1-2,32-33H2/b20-9+,21-12+. The zero-order chi connectivity index (χ0) is 26.6. The van der Waals surface area contributed by atoms with E-state index in [1.54, 1.807) is 6.20 Å². The van der Waals surface area contributed by atoms with Gasteiger partial charge < -0.3 is 11.5 Å². The lowest BCUT2D eigenvalue weighted by molar-refractivity contribution is 1.08. The molecule has 4 N–H and O–H groups in total. The molecule has 6 rings (SSSR count). The molecule has 0 unspecified atom stereocenters. The Hall–Kier alpha value is -4.33. The Morgan fingerprint density at radius 3 is 1.87 bits per heavy atom. The molecule has 2 heterocycles. The second kappa shape index (κ2) is 9.20.